The Morgan fingerprint density at radius 1 is 0.781 bits per heavy atom. The van der Waals surface area contributed by atoms with Crippen LogP contribution in [-0.2, 0) is 11.2 Å². The van der Waals surface area contributed by atoms with Gasteiger partial charge in [0.05, 0.1) is 47.7 Å². The number of nitrogens with zero attached hydrogens (tertiary/aromatic N) is 1. The highest BCUT2D eigenvalue weighted by molar-refractivity contribution is 5.91. The molecule has 0 spiro atoms. The summed E-state index contributed by atoms with van der Waals surface area (Å²) in [5, 5.41) is 0. The first-order valence-corrected chi connectivity index (χ1v) is 10.3. The van der Waals surface area contributed by atoms with Crippen molar-refractivity contribution in [2.45, 2.75) is 12.8 Å². The summed E-state index contributed by atoms with van der Waals surface area (Å²) in [6.07, 6.45) is 1.60. The second-order valence-corrected chi connectivity index (χ2v) is 7.15. The van der Waals surface area contributed by atoms with Gasteiger partial charge in [-0.3, -0.25) is 0 Å². The lowest BCUT2D eigenvalue weighted by Gasteiger charge is -2.17. The van der Waals surface area contributed by atoms with E-state index in [1.165, 1.54) is 26.9 Å². The van der Waals surface area contributed by atoms with Crippen molar-refractivity contribution in [3.05, 3.63) is 41.5 Å². The zero-order valence-electron chi connectivity index (χ0n) is 19.7. The Morgan fingerprint density at radius 2 is 1.41 bits per heavy atom. The highest BCUT2D eigenvalue weighted by atomic mass is 16.5. The van der Waals surface area contributed by atoms with Crippen molar-refractivity contribution < 1.29 is 33.2 Å². The van der Waals surface area contributed by atoms with Crippen molar-refractivity contribution in [2.24, 2.45) is 0 Å². The summed E-state index contributed by atoms with van der Waals surface area (Å²) in [7, 11) is 9.82. The highest BCUT2D eigenvalue weighted by Gasteiger charge is 2.18. The largest absolute Gasteiger partial charge is 0.493 e. The molecule has 0 saturated heterocycles. The molecule has 0 aliphatic rings. The molecule has 0 amide bonds. The molecule has 8 nitrogen and oxygen atoms in total. The van der Waals surface area contributed by atoms with Gasteiger partial charge in [-0.15, -0.1) is 0 Å². The van der Waals surface area contributed by atoms with E-state index in [1.807, 2.05) is 25.2 Å². The van der Waals surface area contributed by atoms with Crippen LogP contribution in [0.15, 0.2) is 30.3 Å². The SMILES string of the molecule is COc1ccc(CCN(C)CCCOC(=O)c2cc(OC)c(OC)c(OC)c2)cc1OC. The fourth-order valence-electron chi connectivity index (χ4n) is 3.25. The minimum atomic E-state index is -0.433. The van der Waals surface area contributed by atoms with Crippen LogP contribution in [-0.4, -0.2) is 73.2 Å². The van der Waals surface area contributed by atoms with E-state index < -0.39 is 5.97 Å². The normalized spacial score (nSPS) is 10.6. The fraction of sp³-hybridized carbons (Fsp3) is 0.458. The molecule has 0 bridgehead atoms. The Bertz CT molecular complexity index is 860. The molecule has 2 aromatic rings. The first-order valence-electron chi connectivity index (χ1n) is 10.3. The number of hydrogen-bond acceptors (Lipinski definition) is 8. The van der Waals surface area contributed by atoms with Crippen LogP contribution >= 0.6 is 0 Å². The van der Waals surface area contributed by atoms with Crippen molar-refractivity contribution in [1.29, 1.82) is 0 Å². The van der Waals surface area contributed by atoms with E-state index in [0.29, 0.717) is 29.4 Å². The summed E-state index contributed by atoms with van der Waals surface area (Å²) in [5.41, 5.74) is 1.52. The van der Waals surface area contributed by atoms with Gasteiger partial charge in [-0.25, -0.2) is 4.79 Å². The molecule has 8 heteroatoms. The number of rotatable bonds is 13. The van der Waals surface area contributed by atoms with E-state index in [4.69, 9.17) is 28.4 Å². The topological polar surface area (TPSA) is 75.7 Å². The van der Waals surface area contributed by atoms with Gasteiger partial charge in [0.15, 0.2) is 23.0 Å². The molecular formula is C24H33NO7. The van der Waals surface area contributed by atoms with Crippen LogP contribution < -0.4 is 23.7 Å². The average Bonchev–Trinajstić information content (AvgIpc) is 2.83. The van der Waals surface area contributed by atoms with Gasteiger partial charge in [-0.05, 0) is 49.7 Å². The standard InChI is InChI=1S/C24H33NO7/c1-25(12-10-17-8-9-19(27-2)20(14-17)28-3)11-7-13-32-24(26)18-15-21(29-4)23(31-6)22(16-18)30-5/h8-9,14-16H,7,10-13H2,1-6H3. The van der Waals surface area contributed by atoms with Gasteiger partial charge < -0.3 is 33.3 Å². The minimum Gasteiger partial charge on any atom is -0.493 e. The first-order chi connectivity index (χ1) is 15.5. The van der Waals surface area contributed by atoms with Crippen LogP contribution in [0.3, 0.4) is 0 Å². The summed E-state index contributed by atoms with van der Waals surface area (Å²) in [6, 6.07) is 9.11. The summed E-state index contributed by atoms with van der Waals surface area (Å²) >= 11 is 0. The zero-order valence-corrected chi connectivity index (χ0v) is 19.7. The second kappa shape index (κ2) is 12.7. The van der Waals surface area contributed by atoms with Crippen LogP contribution in [0.4, 0.5) is 0 Å². The maximum atomic E-state index is 12.4. The number of esters is 1. The molecule has 0 atom stereocenters. The molecule has 0 unspecified atom stereocenters. The van der Waals surface area contributed by atoms with E-state index >= 15 is 0 Å². The molecule has 0 aliphatic heterocycles. The Hall–Kier alpha value is -3.13. The predicted octanol–water partition coefficient (Wildman–Crippen LogP) is 3.45. The summed E-state index contributed by atoms with van der Waals surface area (Å²) in [5.74, 6) is 2.27. The molecule has 0 radical (unpaired) electrons. The first kappa shape index (κ1) is 25.1. The second-order valence-electron chi connectivity index (χ2n) is 7.15. The highest BCUT2D eigenvalue weighted by Crippen LogP contribution is 2.38. The molecule has 0 aliphatic carbocycles. The third kappa shape index (κ3) is 6.68. The fourth-order valence-corrected chi connectivity index (χ4v) is 3.25. The van der Waals surface area contributed by atoms with Crippen molar-refractivity contribution in [3.8, 4) is 28.7 Å². The Balaban J connectivity index is 1.80. The van der Waals surface area contributed by atoms with E-state index in [0.717, 1.165) is 37.4 Å². The van der Waals surface area contributed by atoms with Gasteiger partial charge in [0.25, 0.3) is 0 Å². The van der Waals surface area contributed by atoms with Crippen LogP contribution in [0.2, 0.25) is 0 Å². The van der Waals surface area contributed by atoms with Crippen LogP contribution in [0, 0.1) is 0 Å². The van der Waals surface area contributed by atoms with Gasteiger partial charge in [-0.1, -0.05) is 6.07 Å². The lowest BCUT2D eigenvalue weighted by molar-refractivity contribution is 0.0490. The third-order valence-corrected chi connectivity index (χ3v) is 5.05. The van der Waals surface area contributed by atoms with Crippen molar-refractivity contribution in [2.75, 3.05) is 62.3 Å². The quantitative estimate of drug-likeness (QED) is 0.341. The van der Waals surface area contributed by atoms with Crippen molar-refractivity contribution in [1.82, 2.24) is 4.90 Å². The maximum Gasteiger partial charge on any atom is 0.338 e. The molecule has 176 valence electrons. The summed E-state index contributed by atoms with van der Waals surface area (Å²) < 4.78 is 31.9. The van der Waals surface area contributed by atoms with Crippen molar-refractivity contribution in [3.63, 3.8) is 0 Å². The van der Waals surface area contributed by atoms with Gasteiger partial charge in [-0.2, -0.15) is 0 Å². The van der Waals surface area contributed by atoms with Gasteiger partial charge >= 0.3 is 5.97 Å². The molecule has 0 heterocycles. The van der Waals surface area contributed by atoms with Gasteiger partial charge in [0, 0.05) is 13.1 Å². The molecule has 32 heavy (non-hydrogen) atoms. The molecule has 2 rings (SSSR count). The van der Waals surface area contributed by atoms with Gasteiger partial charge in [0.2, 0.25) is 5.75 Å². The van der Waals surface area contributed by atoms with Crippen molar-refractivity contribution >= 4 is 5.97 Å². The molecule has 0 saturated carbocycles. The molecular weight excluding hydrogens is 414 g/mol. The molecule has 0 fully saturated rings. The Labute approximate surface area is 189 Å². The number of likely N-dealkylation sites (N-methyl/N-ethyl adjacent to an activating group) is 1. The Morgan fingerprint density at radius 3 is 1.97 bits per heavy atom. The lowest BCUT2D eigenvalue weighted by Crippen LogP contribution is -2.23. The number of ether oxygens (including phenoxy) is 6. The summed E-state index contributed by atoms with van der Waals surface area (Å²) in [6.45, 7) is 1.99. The number of hydrogen-bond donors (Lipinski definition) is 0. The molecule has 0 N–H and O–H groups in total. The number of methoxy groups -OCH3 is 5. The minimum absolute atomic E-state index is 0.316. The Kier molecular flexibility index (Phi) is 9.94. The average molecular weight is 448 g/mol. The van der Waals surface area contributed by atoms with Gasteiger partial charge in [0.1, 0.15) is 0 Å². The van der Waals surface area contributed by atoms with Crippen LogP contribution in [0.1, 0.15) is 22.3 Å². The lowest BCUT2D eigenvalue weighted by atomic mass is 10.1. The van der Waals surface area contributed by atoms with E-state index in [1.54, 1.807) is 26.4 Å². The number of carbonyl (C=O) groups is 1. The number of carbonyl (C=O) groups excluding carboxylic acids is 1. The van der Waals surface area contributed by atoms with E-state index in [9.17, 15) is 4.79 Å². The van der Waals surface area contributed by atoms with Crippen LogP contribution in [0.25, 0.3) is 0 Å². The van der Waals surface area contributed by atoms with Crippen LogP contribution in [0.5, 0.6) is 28.7 Å². The molecule has 2 aromatic carbocycles. The predicted molar refractivity (Wildman–Crippen MR) is 122 cm³/mol. The maximum absolute atomic E-state index is 12.4. The summed E-state index contributed by atoms with van der Waals surface area (Å²) in [4.78, 5) is 14.6. The molecule has 0 aromatic heterocycles. The van der Waals surface area contributed by atoms with E-state index in [2.05, 4.69) is 4.90 Å². The monoisotopic (exact) mass is 447 g/mol. The smallest absolute Gasteiger partial charge is 0.338 e. The zero-order chi connectivity index (χ0) is 23.5. The third-order valence-electron chi connectivity index (χ3n) is 5.05. The number of benzene rings is 2. The van der Waals surface area contributed by atoms with E-state index in [-0.39, 0.29) is 0 Å².